The van der Waals surface area contributed by atoms with E-state index in [1.807, 2.05) is 30.3 Å². The van der Waals surface area contributed by atoms with Crippen molar-refractivity contribution in [3.05, 3.63) is 35.9 Å². The van der Waals surface area contributed by atoms with Crippen molar-refractivity contribution in [3.8, 4) is 6.07 Å². The molecule has 1 aromatic rings. The summed E-state index contributed by atoms with van der Waals surface area (Å²) in [6.07, 6.45) is 0.340. The van der Waals surface area contributed by atoms with Gasteiger partial charge in [0.25, 0.3) is 0 Å². The highest BCUT2D eigenvalue weighted by Crippen LogP contribution is 2.14. The topological polar surface area (TPSA) is 50.1 Å². The number of carbonyl (C=O) groups excluding carboxylic acids is 1. The van der Waals surface area contributed by atoms with Gasteiger partial charge in [0.2, 0.25) is 0 Å². The van der Waals surface area contributed by atoms with Gasteiger partial charge in [0.05, 0.1) is 6.07 Å². The van der Waals surface area contributed by atoms with Gasteiger partial charge >= 0.3 is 5.97 Å². The second kappa shape index (κ2) is 5.82. The SMILES string of the molecule is CCC(=O)OCC(C#N)c1ccccc1. The van der Waals surface area contributed by atoms with Crippen LogP contribution in [-0.2, 0) is 9.53 Å². The molecule has 0 aromatic heterocycles. The summed E-state index contributed by atoms with van der Waals surface area (Å²) >= 11 is 0. The largest absolute Gasteiger partial charge is 0.464 e. The van der Waals surface area contributed by atoms with Crippen molar-refractivity contribution in [2.75, 3.05) is 6.61 Å². The molecular weight excluding hydrogens is 190 g/mol. The van der Waals surface area contributed by atoms with E-state index in [2.05, 4.69) is 6.07 Å². The number of hydrogen-bond donors (Lipinski definition) is 0. The number of nitrogens with zero attached hydrogens (tertiary/aromatic N) is 1. The summed E-state index contributed by atoms with van der Waals surface area (Å²) in [4.78, 5) is 10.9. The van der Waals surface area contributed by atoms with E-state index in [0.717, 1.165) is 5.56 Å². The third kappa shape index (κ3) is 3.43. The standard InChI is InChI=1S/C12H13NO2/c1-2-12(14)15-9-11(8-13)10-6-4-3-5-7-10/h3-7,11H,2,9H2,1H3. The first-order chi connectivity index (χ1) is 7.27. The van der Waals surface area contributed by atoms with E-state index >= 15 is 0 Å². The molecule has 0 saturated heterocycles. The average molecular weight is 203 g/mol. The number of nitriles is 1. The molecule has 3 nitrogen and oxygen atoms in total. The minimum Gasteiger partial charge on any atom is -0.464 e. The van der Waals surface area contributed by atoms with Crippen LogP contribution in [0.4, 0.5) is 0 Å². The number of carbonyl (C=O) groups is 1. The fourth-order valence-corrected chi connectivity index (χ4v) is 1.17. The Hall–Kier alpha value is -1.82. The number of esters is 1. The Labute approximate surface area is 89.3 Å². The number of rotatable bonds is 4. The Balaban J connectivity index is 2.59. The molecule has 0 saturated carbocycles. The summed E-state index contributed by atoms with van der Waals surface area (Å²) in [5.41, 5.74) is 0.879. The molecule has 0 amide bonds. The van der Waals surface area contributed by atoms with Crippen LogP contribution in [0.2, 0.25) is 0 Å². The number of hydrogen-bond acceptors (Lipinski definition) is 3. The minimum atomic E-state index is -0.373. The van der Waals surface area contributed by atoms with Crippen LogP contribution in [0.25, 0.3) is 0 Å². The van der Waals surface area contributed by atoms with Crippen LogP contribution in [0.1, 0.15) is 24.8 Å². The Morgan fingerprint density at radius 2 is 2.13 bits per heavy atom. The van der Waals surface area contributed by atoms with Crippen LogP contribution < -0.4 is 0 Å². The summed E-state index contributed by atoms with van der Waals surface area (Å²) in [5, 5.41) is 8.92. The van der Waals surface area contributed by atoms with Gasteiger partial charge in [0.15, 0.2) is 0 Å². The third-order valence-electron chi connectivity index (χ3n) is 2.06. The third-order valence-corrected chi connectivity index (χ3v) is 2.06. The molecule has 1 rings (SSSR count). The van der Waals surface area contributed by atoms with Gasteiger partial charge in [-0.2, -0.15) is 5.26 Å². The molecule has 1 aromatic carbocycles. The zero-order chi connectivity index (χ0) is 11.1. The van der Waals surface area contributed by atoms with Gasteiger partial charge in [-0.05, 0) is 5.56 Å². The highest BCUT2D eigenvalue weighted by Gasteiger charge is 2.12. The van der Waals surface area contributed by atoms with Gasteiger partial charge in [-0.1, -0.05) is 37.3 Å². The van der Waals surface area contributed by atoms with Gasteiger partial charge < -0.3 is 4.74 Å². The monoisotopic (exact) mass is 203 g/mol. The lowest BCUT2D eigenvalue weighted by atomic mass is 10.0. The molecule has 0 radical (unpaired) electrons. The second-order valence-corrected chi connectivity index (χ2v) is 3.13. The molecule has 0 aliphatic rings. The van der Waals surface area contributed by atoms with Gasteiger partial charge in [0.1, 0.15) is 12.5 Å². The smallest absolute Gasteiger partial charge is 0.305 e. The van der Waals surface area contributed by atoms with Crippen LogP contribution in [0.3, 0.4) is 0 Å². The quantitative estimate of drug-likeness (QED) is 0.705. The van der Waals surface area contributed by atoms with Crippen molar-refractivity contribution in [3.63, 3.8) is 0 Å². The van der Waals surface area contributed by atoms with E-state index in [9.17, 15) is 4.79 Å². The van der Waals surface area contributed by atoms with Crippen molar-refractivity contribution >= 4 is 5.97 Å². The molecule has 78 valence electrons. The molecular formula is C12H13NO2. The van der Waals surface area contributed by atoms with Gasteiger partial charge in [-0.3, -0.25) is 4.79 Å². The van der Waals surface area contributed by atoms with Crippen LogP contribution in [-0.4, -0.2) is 12.6 Å². The average Bonchev–Trinajstić information content (AvgIpc) is 2.31. The Morgan fingerprint density at radius 1 is 1.47 bits per heavy atom. The summed E-state index contributed by atoms with van der Waals surface area (Å²) in [6.45, 7) is 1.86. The summed E-state index contributed by atoms with van der Waals surface area (Å²) in [7, 11) is 0. The number of benzene rings is 1. The number of ether oxygens (including phenoxy) is 1. The first-order valence-corrected chi connectivity index (χ1v) is 4.88. The normalized spacial score (nSPS) is 11.5. The molecule has 3 heteroatoms. The predicted molar refractivity (Wildman–Crippen MR) is 56.0 cm³/mol. The van der Waals surface area contributed by atoms with Gasteiger partial charge in [-0.15, -0.1) is 0 Å². The van der Waals surface area contributed by atoms with Crippen molar-refractivity contribution in [1.82, 2.24) is 0 Å². The zero-order valence-electron chi connectivity index (χ0n) is 8.64. The zero-order valence-corrected chi connectivity index (χ0v) is 8.64. The van der Waals surface area contributed by atoms with E-state index in [0.29, 0.717) is 6.42 Å². The maximum absolute atomic E-state index is 10.9. The summed E-state index contributed by atoms with van der Waals surface area (Å²) in [5.74, 6) is -0.645. The lowest BCUT2D eigenvalue weighted by molar-refractivity contribution is -0.143. The molecule has 0 spiro atoms. The molecule has 1 atom stereocenters. The molecule has 15 heavy (non-hydrogen) atoms. The second-order valence-electron chi connectivity index (χ2n) is 3.13. The Morgan fingerprint density at radius 3 is 2.67 bits per heavy atom. The first-order valence-electron chi connectivity index (χ1n) is 4.88. The fourth-order valence-electron chi connectivity index (χ4n) is 1.17. The van der Waals surface area contributed by atoms with Crippen molar-refractivity contribution in [1.29, 1.82) is 5.26 Å². The molecule has 0 heterocycles. The van der Waals surface area contributed by atoms with Crippen LogP contribution >= 0.6 is 0 Å². The molecule has 0 fully saturated rings. The molecule has 0 bridgehead atoms. The van der Waals surface area contributed by atoms with E-state index < -0.39 is 0 Å². The molecule has 1 unspecified atom stereocenters. The fraction of sp³-hybridized carbons (Fsp3) is 0.333. The van der Waals surface area contributed by atoms with E-state index in [4.69, 9.17) is 10.00 Å². The highest BCUT2D eigenvalue weighted by atomic mass is 16.5. The van der Waals surface area contributed by atoms with E-state index in [1.165, 1.54) is 0 Å². The van der Waals surface area contributed by atoms with Crippen LogP contribution in [0.5, 0.6) is 0 Å². The maximum atomic E-state index is 10.9. The highest BCUT2D eigenvalue weighted by molar-refractivity contribution is 5.68. The van der Waals surface area contributed by atoms with Gasteiger partial charge in [-0.25, -0.2) is 0 Å². The Kier molecular flexibility index (Phi) is 4.36. The summed E-state index contributed by atoms with van der Waals surface area (Å²) in [6, 6.07) is 11.4. The lowest BCUT2D eigenvalue weighted by Crippen LogP contribution is -2.10. The van der Waals surface area contributed by atoms with Crippen LogP contribution in [0, 0.1) is 11.3 Å². The van der Waals surface area contributed by atoms with Gasteiger partial charge in [0, 0.05) is 6.42 Å². The molecule has 0 N–H and O–H groups in total. The van der Waals surface area contributed by atoms with Crippen molar-refractivity contribution in [2.45, 2.75) is 19.3 Å². The maximum Gasteiger partial charge on any atom is 0.305 e. The van der Waals surface area contributed by atoms with Crippen LogP contribution in [0.15, 0.2) is 30.3 Å². The molecule has 0 aliphatic carbocycles. The van der Waals surface area contributed by atoms with Crippen molar-refractivity contribution in [2.24, 2.45) is 0 Å². The Bertz CT molecular complexity index is 354. The molecule has 0 aliphatic heterocycles. The van der Waals surface area contributed by atoms with E-state index in [1.54, 1.807) is 6.92 Å². The lowest BCUT2D eigenvalue weighted by Gasteiger charge is -2.09. The first kappa shape index (κ1) is 11.3. The van der Waals surface area contributed by atoms with E-state index in [-0.39, 0.29) is 18.5 Å². The minimum absolute atomic E-state index is 0.132. The predicted octanol–water partition coefficient (Wildman–Crippen LogP) is 2.25. The van der Waals surface area contributed by atoms with Crippen molar-refractivity contribution < 1.29 is 9.53 Å². The summed E-state index contributed by atoms with van der Waals surface area (Å²) < 4.78 is 4.94.